The van der Waals surface area contributed by atoms with Gasteiger partial charge in [0, 0.05) is 6.54 Å². The molecule has 0 radical (unpaired) electrons. The molecule has 1 rings (SSSR count). The van der Waals surface area contributed by atoms with Gasteiger partial charge in [-0.3, -0.25) is 4.79 Å². The van der Waals surface area contributed by atoms with E-state index >= 15 is 0 Å². The number of rotatable bonds is 5. The number of carboxylic acid groups (broad SMARTS) is 1. The van der Waals surface area contributed by atoms with Crippen molar-refractivity contribution in [3.63, 3.8) is 0 Å². The van der Waals surface area contributed by atoms with E-state index in [0.29, 0.717) is 18.4 Å². The molecule has 0 spiro atoms. The van der Waals surface area contributed by atoms with E-state index in [1.165, 1.54) is 6.92 Å². The van der Waals surface area contributed by atoms with E-state index < -0.39 is 21.2 Å². The third-order valence-electron chi connectivity index (χ3n) is 3.40. The third kappa shape index (κ3) is 3.18. The maximum Gasteiger partial charge on any atom is 0.323 e. The van der Waals surface area contributed by atoms with Gasteiger partial charge in [-0.05, 0) is 25.2 Å². The lowest BCUT2D eigenvalue weighted by molar-refractivity contribution is -0.136. The molecule has 1 aliphatic rings. The highest BCUT2D eigenvalue weighted by atomic mass is 32.2. The molecule has 0 aromatic rings. The monoisotopic (exact) mass is 249 g/mol. The first-order valence-corrected chi connectivity index (χ1v) is 7.10. The van der Waals surface area contributed by atoms with Crippen molar-refractivity contribution in [2.24, 2.45) is 11.8 Å². The van der Waals surface area contributed by atoms with Gasteiger partial charge in [0.1, 0.15) is 0 Å². The lowest BCUT2D eigenvalue weighted by Gasteiger charge is -2.17. The molecule has 1 aliphatic carbocycles. The van der Waals surface area contributed by atoms with Gasteiger partial charge in [-0.2, -0.15) is 0 Å². The molecule has 94 valence electrons. The summed E-state index contributed by atoms with van der Waals surface area (Å²) in [4.78, 5) is 10.6. The maximum absolute atomic E-state index is 11.5. The molecule has 1 fully saturated rings. The smallest absolute Gasteiger partial charge is 0.323 e. The van der Waals surface area contributed by atoms with Crippen molar-refractivity contribution in [2.45, 2.75) is 38.4 Å². The van der Waals surface area contributed by atoms with Crippen LogP contribution in [0.5, 0.6) is 0 Å². The van der Waals surface area contributed by atoms with Crippen LogP contribution in [0.2, 0.25) is 0 Å². The molecular formula is C10H19NO4S. The first-order chi connectivity index (χ1) is 7.34. The Morgan fingerprint density at radius 3 is 2.56 bits per heavy atom. The molecule has 0 aliphatic heterocycles. The number of sulfonamides is 1. The molecule has 0 aromatic carbocycles. The van der Waals surface area contributed by atoms with E-state index in [9.17, 15) is 13.2 Å². The minimum Gasteiger partial charge on any atom is -0.480 e. The fourth-order valence-corrected chi connectivity index (χ4v) is 2.97. The van der Waals surface area contributed by atoms with Crippen molar-refractivity contribution in [1.82, 2.24) is 4.72 Å². The van der Waals surface area contributed by atoms with Crippen LogP contribution in [0, 0.1) is 11.8 Å². The molecule has 0 heterocycles. The summed E-state index contributed by atoms with van der Waals surface area (Å²) < 4.78 is 25.5. The van der Waals surface area contributed by atoms with Crippen molar-refractivity contribution >= 4 is 16.0 Å². The summed E-state index contributed by atoms with van der Waals surface area (Å²) in [5.41, 5.74) is 0. The molecule has 16 heavy (non-hydrogen) atoms. The molecule has 5 nitrogen and oxygen atoms in total. The molecular weight excluding hydrogens is 230 g/mol. The van der Waals surface area contributed by atoms with Crippen LogP contribution in [0.15, 0.2) is 0 Å². The zero-order chi connectivity index (χ0) is 12.3. The summed E-state index contributed by atoms with van der Waals surface area (Å²) >= 11 is 0. The Morgan fingerprint density at radius 1 is 1.50 bits per heavy atom. The van der Waals surface area contributed by atoms with Crippen molar-refractivity contribution in [3.05, 3.63) is 0 Å². The third-order valence-corrected chi connectivity index (χ3v) is 5.10. The zero-order valence-corrected chi connectivity index (χ0v) is 10.5. The van der Waals surface area contributed by atoms with Crippen LogP contribution in [0.4, 0.5) is 0 Å². The van der Waals surface area contributed by atoms with E-state index in [-0.39, 0.29) is 0 Å². The van der Waals surface area contributed by atoms with Crippen LogP contribution in [0.3, 0.4) is 0 Å². The summed E-state index contributed by atoms with van der Waals surface area (Å²) in [7, 11) is -3.72. The minimum atomic E-state index is -3.72. The van der Waals surface area contributed by atoms with E-state index in [2.05, 4.69) is 11.6 Å². The average Bonchev–Trinajstić information content (AvgIpc) is 2.60. The molecule has 0 saturated heterocycles. The van der Waals surface area contributed by atoms with Gasteiger partial charge in [0.05, 0.1) is 0 Å². The quantitative estimate of drug-likeness (QED) is 0.755. The van der Waals surface area contributed by atoms with Gasteiger partial charge >= 0.3 is 5.97 Å². The van der Waals surface area contributed by atoms with Crippen molar-refractivity contribution in [3.8, 4) is 0 Å². The zero-order valence-electron chi connectivity index (χ0n) is 9.64. The number of hydrogen-bond acceptors (Lipinski definition) is 3. The van der Waals surface area contributed by atoms with Gasteiger partial charge in [0.15, 0.2) is 5.25 Å². The van der Waals surface area contributed by atoms with E-state index in [4.69, 9.17) is 5.11 Å². The van der Waals surface area contributed by atoms with E-state index in [1.54, 1.807) is 0 Å². The van der Waals surface area contributed by atoms with Crippen molar-refractivity contribution in [2.75, 3.05) is 6.54 Å². The van der Waals surface area contributed by atoms with Gasteiger partial charge < -0.3 is 5.11 Å². The van der Waals surface area contributed by atoms with Crippen LogP contribution in [-0.4, -0.2) is 31.3 Å². The van der Waals surface area contributed by atoms with Gasteiger partial charge in [-0.1, -0.05) is 19.8 Å². The lowest BCUT2D eigenvalue weighted by atomic mass is 9.99. The number of hydrogen-bond donors (Lipinski definition) is 2. The molecule has 0 bridgehead atoms. The summed E-state index contributed by atoms with van der Waals surface area (Å²) in [6.07, 6.45) is 3.27. The Bertz CT molecular complexity index is 352. The highest BCUT2D eigenvalue weighted by Gasteiger charge is 2.30. The Morgan fingerprint density at radius 2 is 2.12 bits per heavy atom. The van der Waals surface area contributed by atoms with Crippen LogP contribution in [-0.2, 0) is 14.8 Å². The summed E-state index contributed by atoms with van der Waals surface area (Å²) in [5, 5.41) is 7.26. The summed E-state index contributed by atoms with van der Waals surface area (Å²) in [5.74, 6) is -0.453. The van der Waals surface area contributed by atoms with Crippen LogP contribution < -0.4 is 4.72 Å². The second-order valence-electron chi connectivity index (χ2n) is 4.54. The molecule has 0 amide bonds. The Labute approximate surface area is 96.3 Å². The molecule has 2 N–H and O–H groups in total. The number of carbonyl (C=O) groups is 1. The number of aliphatic carboxylic acids is 1. The van der Waals surface area contributed by atoms with E-state index in [0.717, 1.165) is 19.3 Å². The molecule has 3 unspecified atom stereocenters. The Balaban J connectivity index is 2.51. The summed E-state index contributed by atoms with van der Waals surface area (Å²) in [6.45, 7) is 3.65. The van der Waals surface area contributed by atoms with Gasteiger partial charge in [0.25, 0.3) is 0 Å². The van der Waals surface area contributed by atoms with E-state index in [1.807, 2.05) is 0 Å². The number of nitrogens with one attached hydrogen (secondary N) is 1. The second kappa shape index (κ2) is 5.14. The SMILES string of the molecule is CC1CCCC1CNS(=O)(=O)C(C)C(=O)O. The van der Waals surface area contributed by atoms with Crippen LogP contribution in [0.1, 0.15) is 33.1 Å². The molecule has 1 saturated carbocycles. The predicted molar refractivity (Wildman–Crippen MR) is 60.5 cm³/mol. The highest BCUT2D eigenvalue weighted by molar-refractivity contribution is 7.90. The van der Waals surface area contributed by atoms with Gasteiger partial charge in [0.2, 0.25) is 10.0 Å². The normalized spacial score (nSPS) is 27.9. The standard InChI is InChI=1S/C10H19NO4S/c1-7-4-3-5-9(7)6-11-16(14,15)8(2)10(12)13/h7-9,11H,3-6H2,1-2H3,(H,12,13). The fraction of sp³-hybridized carbons (Fsp3) is 0.900. The fourth-order valence-electron chi connectivity index (χ4n) is 2.01. The predicted octanol–water partition coefficient (Wildman–Crippen LogP) is 0.815. The average molecular weight is 249 g/mol. The van der Waals surface area contributed by atoms with Crippen LogP contribution >= 0.6 is 0 Å². The second-order valence-corrected chi connectivity index (χ2v) is 6.63. The lowest BCUT2D eigenvalue weighted by Crippen LogP contribution is -2.40. The van der Waals surface area contributed by atoms with Crippen LogP contribution in [0.25, 0.3) is 0 Å². The molecule has 6 heteroatoms. The summed E-state index contributed by atoms with van der Waals surface area (Å²) in [6, 6.07) is 0. The maximum atomic E-state index is 11.5. The van der Waals surface area contributed by atoms with Crippen molar-refractivity contribution in [1.29, 1.82) is 0 Å². The minimum absolute atomic E-state index is 0.343. The first kappa shape index (κ1) is 13.4. The Hall–Kier alpha value is -0.620. The van der Waals surface area contributed by atoms with Crippen molar-refractivity contribution < 1.29 is 18.3 Å². The Kier molecular flexibility index (Phi) is 4.32. The highest BCUT2D eigenvalue weighted by Crippen LogP contribution is 2.30. The van der Waals surface area contributed by atoms with Gasteiger partial charge in [-0.25, -0.2) is 13.1 Å². The first-order valence-electron chi connectivity index (χ1n) is 5.56. The molecule has 0 aromatic heterocycles. The largest absolute Gasteiger partial charge is 0.480 e. The van der Waals surface area contributed by atoms with Gasteiger partial charge in [-0.15, -0.1) is 0 Å². The topological polar surface area (TPSA) is 83.5 Å². The number of carboxylic acids is 1. The molecule has 3 atom stereocenters.